The first-order valence-corrected chi connectivity index (χ1v) is 7.41. The Hall–Kier alpha value is -0.340. The van der Waals surface area contributed by atoms with E-state index in [0.29, 0.717) is 0 Å². The number of alkyl halides is 3. The molecule has 2 atom stereocenters. The largest absolute Gasteiger partial charge is 0.741 e. The van der Waals surface area contributed by atoms with Gasteiger partial charge in [0.25, 0.3) is 0 Å². The smallest absolute Gasteiger partial charge is 0.485 e. The lowest BCUT2D eigenvalue weighted by molar-refractivity contribution is -0.912. The van der Waals surface area contributed by atoms with Crippen molar-refractivity contribution in [2.75, 3.05) is 13.1 Å². The van der Waals surface area contributed by atoms with Crippen LogP contribution in [0.15, 0.2) is 0 Å². The molecule has 1 fully saturated rings. The van der Waals surface area contributed by atoms with E-state index in [1.807, 2.05) is 4.90 Å². The summed E-state index contributed by atoms with van der Waals surface area (Å²) in [6.07, 6.45) is 5.68. The summed E-state index contributed by atoms with van der Waals surface area (Å²) in [6, 6.07) is 1.000. The predicted octanol–water partition coefficient (Wildman–Crippen LogP) is 0.905. The molecule has 0 bridgehead atoms. The summed E-state index contributed by atoms with van der Waals surface area (Å²) >= 11 is 0. The molecule has 1 heterocycles. The van der Waals surface area contributed by atoms with E-state index in [-0.39, 0.29) is 0 Å². The molecule has 1 aliphatic rings. The topological polar surface area (TPSA) is 61.6 Å². The molecule has 0 amide bonds. The average molecular weight is 291 g/mol. The van der Waals surface area contributed by atoms with Crippen molar-refractivity contribution in [2.45, 2.75) is 51.1 Å². The first kappa shape index (κ1) is 17.7. The van der Waals surface area contributed by atoms with Crippen molar-refractivity contribution >= 4 is 10.1 Å². The molecule has 0 aliphatic carbocycles. The maximum absolute atomic E-state index is 10.7. The van der Waals surface area contributed by atoms with Crippen LogP contribution in [0.1, 0.15) is 39.5 Å². The van der Waals surface area contributed by atoms with Gasteiger partial charge in [-0.1, -0.05) is 13.8 Å². The van der Waals surface area contributed by atoms with Gasteiger partial charge in [0.15, 0.2) is 10.1 Å². The molecule has 8 heteroatoms. The molecule has 0 aromatic heterocycles. The normalized spacial score (nSPS) is 24.6. The van der Waals surface area contributed by atoms with Gasteiger partial charge >= 0.3 is 5.51 Å². The number of rotatable bonds is 3. The molecule has 2 unspecified atom stereocenters. The number of likely N-dealkylation sites (tertiary alicyclic amines) is 1. The summed E-state index contributed by atoms with van der Waals surface area (Å²) in [7, 11) is -6.09. The van der Waals surface area contributed by atoms with Gasteiger partial charge in [-0.25, -0.2) is 8.42 Å². The lowest BCUT2D eigenvalue weighted by atomic mass is 10.2. The summed E-state index contributed by atoms with van der Waals surface area (Å²) in [6.45, 7) is 7.45. The highest BCUT2D eigenvalue weighted by molar-refractivity contribution is 7.86. The van der Waals surface area contributed by atoms with Crippen LogP contribution in [-0.4, -0.2) is 37.6 Å². The average Bonchev–Trinajstić information content (AvgIpc) is 2.63. The van der Waals surface area contributed by atoms with E-state index >= 15 is 0 Å². The van der Waals surface area contributed by atoms with Crippen molar-refractivity contribution < 1.29 is 31.0 Å². The fraction of sp³-hybridized carbons (Fsp3) is 1.00. The van der Waals surface area contributed by atoms with E-state index in [0.717, 1.165) is 6.04 Å². The van der Waals surface area contributed by atoms with Gasteiger partial charge in [0, 0.05) is 12.8 Å². The zero-order valence-corrected chi connectivity index (χ0v) is 11.4. The predicted molar refractivity (Wildman–Crippen MR) is 60.1 cm³/mol. The number of hydrogen-bond acceptors (Lipinski definition) is 3. The molecule has 110 valence electrons. The minimum absolute atomic E-state index is 1.000. The second kappa shape index (κ2) is 7.30. The third kappa shape index (κ3) is 6.01. The molecule has 4 nitrogen and oxygen atoms in total. The SMILES string of the molecule is CCC[NH+]1CCCC1CC.O=S(=O)([O-])C(F)(F)F. The zero-order valence-electron chi connectivity index (χ0n) is 10.6. The molecule has 1 saturated heterocycles. The molecular formula is C10H20F3NO3S. The molecule has 0 aromatic carbocycles. The van der Waals surface area contributed by atoms with E-state index in [9.17, 15) is 13.2 Å². The second-order valence-corrected chi connectivity index (χ2v) is 5.68. The Morgan fingerprint density at radius 2 is 1.83 bits per heavy atom. The highest BCUT2D eigenvalue weighted by atomic mass is 32.2. The van der Waals surface area contributed by atoms with Gasteiger partial charge in [-0.3, -0.25) is 0 Å². The van der Waals surface area contributed by atoms with Gasteiger partial charge in [0.1, 0.15) is 0 Å². The van der Waals surface area contributed by atoms with Gasteiger partial charge in [-0.15, -0.1) is 0 Å². The van der Waals surface area contributed by atoms with E-state index < -0.39 is 15.6 Å². The second-order valence-electron chi connectivity index (χ2n) is 4.31. The van der Waals surface area contributed by atoms with Gasteiger partial charge in [-0.05, 0) is 12.8 Å². The third-order valence-electron chi connectivity index (χ3n) is 2.98. The number of hydrogen-bond donors (Lipinski definition) is 1. The van der Waals surface area contributed by atoms with Crippen LogP contribution in [0.2, 0.25) is 0 Å². The lowest BCUT2D eigenvalue weighted by Crippen LogP contribution is -3.13. The van der Waals surface area contributed by atoms with Gasteiger partial charge in [-0.2, -0.15) is 13.2 Å². The van der Waals surface area contributed by atoms with Crippen LogP contribution in [0.5, 0.6) is 0 Å². The molecule has 0 spiro atoms. The zero-order chi connectivity index (χ0) is 14.4. The summed E-state index contributed by atoms with van der Waals surface area (Å²) in [4.78, 5) is 1.87. The van der Waals surface area contributed by atoms with Crippen molar-refractivity contribution in [3.8, 4) is 0 Å². The van der Waals surface area contributed by atoms with Crippen LogP contribution < -0.4 is 4.90 Å². The Kier molecular flexibility index (Phi) is 7.16. The Balaban J connectivity index is 0.000000331. The quantitative estimate of drug-likeness (QED) is 0.621. The molecule has 18 heavy (non-hydrogen) atoms. The first-order valence-electron chi connectivity index (χ1n) is 6.00. The van der Waals surface area contributed by atoms with E-state index in [4.69, 9.17) is 13.0 Å². The Labute approximate surface area is 106 Å². The lowest BCUT2D eigenvalue weighted by Gasteiger charge is -2.18. The third-order valence-corrected chi connectivity index (χ3v) is 3.54. The fourth-order valence-electron chi connectivity index (χ4n) is 2.13. The Morgan fingerprint density at radius 3 is 2.17 bits per heavy atom. The monoisotopic (exact) mass is 291 g/mol. The van der Waals surface area contributed by atoms with Gasteiger partial charge < -0.3 is 9.45 Å². The number of quaternary nitrogens is 1. The minimum atomic E-state index is -6.09. The summed E-state index contributed by atoms with van der Waals surface area (Å²) in [5, 5.41) is 0. The Morgan fingerprint density at radius 1 is 1.33 bits per heavy atom. The highest BCUT2D eigenvalue weighted by Gasteiger charge is 2.36. The van der Waals surface area contributed by atoms with Crippen molar-refractivity contribution in [1.82, 2.24) is 0 Å². The minimum Gasteiger partial charge on any atom is -0.741 e. The number of nitrogens with one attached hydrogen (secondary N) is 1. The molecular weight excluding hydrogens is 271 g/mol. The van der Waals surface area contributed by atoms with Crippen LogP contribution in [0.4, 0.5) is 13.2 Å². The van der Waals surface area contributed by atoms with Crippen molar-refractivity contribution in [1.29, 1.82) is 0 Å². The maximum atomic E-state index is 10.7. The van der Waals surface area contributed by atoms with Crippen LogP contribution in [0, 0.1) is 0 Å². The van der Waals surface area contributed by atoms with E-state index in [2.05, 4.69) is 13.8 Å². The highest BCUT2D eigenvalue weighted by Crippen LogP contribution is 2.20. The molecule has 0 aromatic rings. The van der Waals surface area contributed by atoms with Gasteiger partial charge in [0.05, 0.1) is 19.1 Å². The van der Waals surface area contributed by atoms with Crippen LogP contribution >= 0.6 is 0 Å². The van der Waals surface area contributed by atoms with Crippen molar-refractivity contribution in [2.24, 2.45) is 0 Å². The van der Waals surface area contributed by atoms with Crippen LogP contribution in [0.3, 0.4) is 0 Å². The molecule has 1 rings (SSSR count). The molecule has 1 N–H and O–H groups in total. The van der Waals surface area contributed by atoms with Crippen LogP contribution in [-0.2, 0) is 10.1 Å². The summed E-state index contributed by atoms with van der Waals surface area (Å²) < 4.78 is 58.9. The summed E-state index contributed by atoms with van der Waals surface area (Å²) in [5.74, 6) is 0. The molecule has 0 radical (unpaired) electrons. The van der Waals surface area contributed by atoms with Crippen LogP contribution in [0.25, 0.3) is 0 Å². The Bertz CT molecular complexity index is 330. The standard InChI is InChI=1S/C9H19N.CHF3O3S/c1-3-7-10-8-5-6-9(10)4-2;2-1(3,4)8(5,6)7/h9H,3-8H2,1-2H3;(H,5,6,7). The van der Waals surface area contributed by atoms with Gasteiger partial charge in [0.2, 0.25) is 0 Å². The van der Waals surface area contributed by atoms with Crippen molar-refractivity contribution in [3.05, 3.63) is 0 Å². The molecule has 0 saturated carbocycles. The fourth-order valence-corrected chi connectivity index (χ4v) is 2.13. The van der Waals surface area contributed by atoms with Crippen molar-refractivity contribution in [3.63, 3.8) is 0 Å². The number of halogens is 3. The maximum Gasteiger partial charge on any atom is 0.485 e. The van der Waals surface area contributed by atoms with E-state index in [1.165, 1.54) is 38.8 Å². The van der Waals surface area contributed by atoms with E-state index in [1.54, 1.807) is 0 Å². The summed E-state index contributed by atoms with van der Waals surface area (Å²) in [5.41, 5.74) is -5.65. The first-order chi connectivity index (χ1) is 8.13. The molecule has 1 aliphatic heterocycles.